The van der Waals surface area contributed by atoms with Gasteiger partial charge in [-0.15, -0.1) is 0 Å². The smallest absolute Gasteiger partial charge is 0.136 e. The third-order valence-electron chi connectivity index (χ3n) is 2.54. The zero-order valence-electron chi connectivity index (χ0n) is 9.17. The molecule has 0 amide bonds. The Morgan fingerprint density at radius 1 is 1.31 bits per heavy atom. The molecule has 2 nitrogen and oxygen atoms in total. The number of halogens is 2. The molecule has 0 atom stereocenters. The van der Waals surface area contributed by atoms with Crippen LogP contribution in [0.2, 0.25) is 10.2 Å². The molecular weight excluding hydrogens is 243 g/mol. The number of benzene rings is 1. The molecule has 0 radical (unpaired) electrons. The summed E-state index contributed by atoms with van der Waals surface area (Å²) in [6.07, 6.45) is 0.874. The van der Waals surface area contributed by atoms with Crippen LogP contribution in [0.1, 0.15) is 18.2 Å². The van der Waals surface area contributed by atoms with Gasteiger partial charge in [-0.1, -0.05) is 36.2 Å². The number of hydrogen-bond donors (Lipinski definition) is 0. The third kappa shape index (κ3) is 1.95. The third-order valence-corrected chi connectivity index (χ3v) is 3.22. The van der Waals surface area contributed by atoms with Crippen molar-refractivity contribution in [1.82, 2.24) is 9.78 Å². The Kier molecular flexibility index (Phi) is 3.22. The average Bonchev–Trinajstić information content (AvgIpc) is 2.56. The van der Waals surface area contributed by atoms with Crippen molar-refractivity contribution in [2.75, 3.05) is 0 Å². The molecule has 1 heterocycles. The SMILES string of the molecule is CCc1nn(-c2cccc(Cl)c2)c(Cl)c1C. The minimum atomic E-state index is 0.652. The highest BCUT2D eigenvalue weighted by molar-refractivity contribution is 6.31. The maximum Gasteiger partial charge on any atom is 0.136 e. The first-order valence-electron chi connectivity index (χ1n) is 5.13. The second kappa shape index (κ2) is 4.48. The molecule has 2 aromatic rings. The monoisotopic (exact) mass is 254 g/mol. The molecule has 1 aromatic heterocycles. The summed E-state index contributed by atoms with van der Waals surface area (Å²) in [4.78, 5) is 0. The standard InChI is InChI=1S/C12H12Cl2N2/c1-3-11-8(2)12(14)16(15-11)10-6-4-5-9(13)7-10/h4-7H,3H2,1-2H3. The first-order valence-corrected chi connectivity index (χ1v) is 5.89. The fourth-order valence-electron chi connectivity index (χ4n) is 1.63. The van der Waals surface area contributed by atoms with Crippen LogP contribution in [0.4, 0.5) is 0 Å². The van der Waals surface area contributed by atoms with E-state index in [4.69, 9.17) is 23.2 Å². The van der Waals surface area contributed by atoms with Crippen molar-refractivity contribution in [3.8, 4) is 5.69 Å². The molecule has 0 aliphatic carbocycles. The molecule has 0 aliphatic rings. The predicted molar refractivity (Wildman–Crippen MR) is 67.7 cm³/mol. The van der Waals surface area contributed by atoms with Gasteiger partial charge in [0.1, 0.15) is 5.15 Å². The summed E-state index contributed by atoms with van der Waals surface area (Å²) in [5.74, 6) is 0. The predicted octanol–water partition coefficient (Wildman–Crippen LogP) is 4.05. The lowest BCUT2D eigenvalue weighted by Gasteiger charge is -2.03. The van der Waals surface area contributed by atoms with Crippen molar-refractivity contribution in [1.29, 1.82) is 0 Å². The van der Waals surface area contributed by atoms with E-state index < -0.39 is 0 Å². The Bertz CT molecular complexity index is 518. The average molecular weight is 255 g/mol. The van der Waals surface area contributed by atoms with Crippen LogP contribution in [-0.4, -0.2) is 9.78 Å². The molecular formula is C12H12Cl2N2. The molecule has 84 valence electrons. The first kappa shape index (κ1) is 11.5. The van der Waals surface area contributed by atoms with Crippen molar-refractivity contribution in [2.24, 2.45) is 0 Å². The molecule has 4 heteroatoms. The number of nitrogens with zero attached hydrogens (tertiary/aromatic N) is 2. The molecule has 0 saturated heterocycles. The van der Waals surface area contributed by atoms with Crippen molar-refractivity contribution in [3.05, 3.63) is 45.7 Å². The van der Waals surface area contributed by atoms with Gasteiger partial charge in [0.05, 0.1) is 11.4 Å². The molecule has 0 saturated carbocycles. The lowest BCUT2D eigenvalue weighted by Crippen LogP contribution is -1.96. The van der Waals surface area contributed by atoms with E-state index in [0.29, 0.717) is 10.2 Å². The van der Waals surface area contributed by atoms with E-state index in [1.54, 1.807) is 4.68 Å². The number of aryl methyl sites for hydroxylation is 1. The second-order valence-corrected chi connectivity index (χ2v) is 4.40. The van der Waals surface area contributed by atoms with E-state index in [-0.39, 0.29) is 0 Å². The van der Waals surface area contributed by atoms with Gasteiger partial charge < -0.3 is 0 Å². The molecule has 0 spiro atoms. The Morgan fingerprint density at radius 3 is 2.62 bits per heavy atom. The van der Waals surface area contributed by atoms with E-state index in [0.717, 1.165) is 23.4 Å². The van der Waals surface area contributed by atoms with Crippen molar-refractivity contribution < 1.29 is 0 Å². The van der Waals surface area contributed by atoms with Crippen LogP contribution in [0.15, 0.2) is 24.3 Å². The van der Waals surface area contributed by atoms with Crippen molar-refractivity contribution in [2.45, 2.75) is 20.3 Å². The first-order chi connectivity index (χ1) is 7.63. The number of rotatable bonds is 2. The van der Waals surface area contributed by atoms with E-state index >= 15 is 0 Å². The molecule has 0 bridgehead atoms. The lowest BCUT2D eigenvalue weighted by atomic mass is 10.2. The van der Waals surface area contributed by atoms with Gasteiger partial charge >= 0.3 is 0 Å². The molecule has 0 fully saturated rings. The molecule has 16 heavy (non-hydrogen) atoms. The largest absolute Gasteiger partial charge is 0.222 e. The van der Waals surface area contributed by atoms with Crippen LogP contribution >= 0.6 is 23.2 Å². The summed E-state index contributed by atoms with van der Waals surface area (Å²) >= 11 is 12.2. The van der Waals surface area contributed by atoms with Gasteiger partial charge in [-0.05, 0) is 31.5 Å². The van der Waals surface area contributed by atoms with E-state index in [1.165, 1.54) is 0 Å². The Labute approximate surface area is 105 Å². The van der Waals surface area contributed by atoms with E-state index in [2.05, 4.69) is 12.0 Å². The highest BCUT2D eigenvalue weighted by atomic mass is 35.5. The Hall–Kier alpha value is -0.990. The highest BCUT2D eigenvalue weighted by Gasteiger charge is 2.12. The van der Waals surface area contributed by atoms with Crippen molar-refractivity contribution in [3.63, 3.8) is 0 Å². The van der Waals surface area contributed by atoms with Crippen LogP contribution in [0.25, 0.3) is 5.69 Å². The van der Waals surface area contributed by atoms with Crippen LogP contribution in [0.3, 0.4) is 0 Å². The second-order valence-electron chi connectivity index (χ2n) is 3.61. The van der Waals surface area contributed by atoms with Gasteiger partial charge in [-0.2, -0.15) is 5.10 Å². The summed E-state index contributed by atoms with van der Waals surface area (Å²) < 4.78 is 1.72. The minimum absolute atomic E-state index is 0.652. The van der Waals surface area contributed by atoms with Gasteiger partial charge in [0.2, 0.25) is 0 Å². The van der Waals surface area contributed by atoms with Crippen LogP contribution in [0, 0.1) is 6.92 Å². The van der Waals surface area contributed by atoms with Gasteiger partial charge in [-0.25, -0.2) is 4.68 Å². The summed E-state index contributed by atoms with van der Waals surface area (Å²) in [7, 11) is 0. The molecule has 0 unspecified atom stereocenters. The number of hydrogen-bond acceptors (Lipinski definition) is 1. The summed E-state index contributed by atoms with van der Waals surface area (Å²) in [5.41, 5.74) is 2.94. The number of aromatic nitrogens is 2. The zero-order chi connectivity index (χ0) is 11.7. The summed E-state index contributed by atoms with van der Waals surface area (Å²) in [6, 6.07) is 7.50. The highest BCUT2D eigenvalue weighted by Crippen LogP contribution is 2.24. The zero-order valence-corrected chi connectivity index (χ0v) is 10.7. The van der Waals surface area contributed by atoms with Gasteiger partial charge in [0, 0.05) is 10.6 Å². The molecule has 0 N–H and O–H groups in total. The fourth-order valence-corrected chi connectivity index (χ4v) is 2.06. The Morgan fingerprint density at radius 2 is 2.06 bits per heavy atom. The van der Waals surface area contributed by atoms with Crippen molar-refractivity contribution >= 4 is 23.2 Å². The fraction of sp³-hybridized carbons (Fsp3) is 0.250. The molecule has 2 rings (SSSR count). The van der Waals surface area contributed by atoms with Gasteiger partial charge in [0.25, 0.3) is 0 Å². The van der Waals surface area contributed by atoms with Crippen LogP contribution in [-0.2, 0) is 6.42 Å². The molecule has 1 aromatic carbocycles. The van der Waals surface area contributed by atoms with Crippen LogP contribution in [0.5, 0.6) is 0 Å². The quantitative estimate of drug-likeness (QED) is 0.791. The van der Waals surface area contributed by atoms with E-state index in [1.807, 2.05) is 31.2 Å². The van der Waals surface area contributed by atoms with E-state index in [9.17, 15) is 0 Å². The normalized spacial score (nSPS) is 10.8. The minimum Gasteiger partial charge on any atom is -0.222 e. The maximum absolute atomic E-state index is 6.24. The van der Waals surface area contributed by atoms with Gasteiger partial charge in [-0.3, -0.25) is 0 Å². The molecule has 0 aliphatic heterocycles. The van der Waals surface area contributed by atoms with Crippen LogP contribution < -0.4 is 0 Å². The summed E-state index contributed by atoms with van der Waals surface area (Å²) in [5, 5.41) is 5.80. The topological polar surface area (TPSA) is 17.8 Å². The summed E-state index contributed by atoms with van der Waals surface area (Å²) in [6.45, 7) is 4.04. The maximum atomic E-state index is 6.24. The Balaban J connectivity index is 2.56. The lowest BCUT2D eigenvalue weighted by molar-refractivity contribution is 0.842. The van der Waals surface area contributed by atoms with Gasteiger partial charge in [0.15, 0.2) is 0 Å².